The van der Waals surface area contributed by atoms with Crippen molar-refractivity contribution in [2.75, 3.05) is 26.2 Å². The van der Waals surface area contributed by atoms with Crippen molar-refractivity contribution in [1.29, 1.82) is 0 Å². The number of benzene rings is 1. The lowest BCUT2D eigenvalue weighted by Gasteiger charge is -2.42. The highest BCUT2D eigenvalue weighted by Crippen LogP contribution is 2.27. The molecule has 7 heteroatoms. The van der Waals surface area contributed by atoms with Crippen molar-refractivity contribution < 1.29 is 13.2 Å². The molecule has 0 unspecified atom stereocenters. The summed E-state index contributed by atoms with van der Waals surface area (Å²) in [5, 5.41) is 0. The van der Waals surface area contributed by atoms with Crippen molar-refractivity contribution >= 4 is 15.9 Å². The van der Waals surface area contributed by atoms with E-state index in [1.807, 2.05) is 0 Å². The third-order valence-electron chi connectivity index (χ3n) is 4.98. The molecule has 2 N–H and O–H groups in total. The maximum absolute atomic E-state index is 12.8. The van der Waals surface area contributed by atoms with Crippen LogP contribution >= 0.6 is 0 Å². The Bertz CT molecular complexity index is 705. The number of hydrogen-bond donors (Lipinski definition) is 1. The molecule has 1 aliphatic carbocycles. The van der Waals surface area contributed by atoms with Crippen LogP contribution in [-0.4, -0.2) is 55.8 Å². The van der Waals surface area contributed by atoms with Gasteiger partial charge in [0.15, 0.2) is 0 Å². The van der Waals surface area contributed by atoms with Crippen LogP contribution in [0.2, 0.25) is 0 Å². The number of primary amides is 1. The van der Waals surface area contributed by atoms with E-state index < -0.39 is 15.9 Å². The maximum atomic E-state index is 12.8. The molecule has 1 aliphatic heterocycles. The second-order valence-corrected chi connectivity index (χ2v) is 8.30. The van der Waals surface area contributed by atoms with Crippen LogP contribution in [0.5, 0.6) is 0 Å². The number of nitrogens with two attached hydrogens (primary N) is 1. The molecule has 1 saturated heterocycles. The van der Waals surface area contributed by atoms with E-state index in [4.69, 9.17) is 5.73 Å². The van der Waals surface area contributed by atoms with Gasteiger partial charge in [-0.2, -0.15) is 4.31 Å². The Morgan fingerprint density at radius 1 is 1.17 bits per heavy atom. The number of carbonyl (C=O) groups is 1. The summed E-state index contributed by atoms with van der Waals surface area (Å²) in [6.07, 6.45) is 3.74. The van der Waals surface area contributed by atoms with Gasteiger partial charge in [0.1, 0.15) is 0 Å². The predicted octanol–water partition coefficient (Wildman–Crippen LogP) is 0.953. The molecule has 1 saturated carbocycles. The number of nitrogens with zero attached hydrogens (tertiary/aromatic N) is 2. The number of carbonyl (C=O) groups excluding carboxylic acids is 1. The topological polar surface area (TPSA) is 83.7 Å². The number of amides is 1. The maximum Gasteiger partial charge on any atom is 0.249 e. The Kier molecular flexibility index (Phi) is 4.44. The van der Waals surface area contributed by atoms with E-state index in [2.05, 4.69) is 4.90 Å². The predicted molar refractivity (Wildman–Crippen MR) is 87.7 cm³/mol. The van der Waals surface area contributed by atoms with Gasteiger partial charge in [-0.25, -0.2) is 8.42 Å². The minimum absolute atomic E-state index is 0.147. The van der Waals surface area contributed by atoms with Gasteiger partial charge in [-0.15, -0.1) is 0 Å². The van der Waals surface area contributed by atoms with Gasteiger partial charge in [0, 0.05) is 37.8 Å². The average Bonchev–Trinajstić information content (AvgIpc) is 2.46. The fraction of sp³-hybridized carbons (Fsp3) is 0.562. The van der Waals surface area contributed by atoms with E-state index >= 15 is 0 Å². The third kappa shape index (κ3) is 3.13. The Hall–Kier alpha value is -1.44. The molecule has 3 rings (SSSR count). The summed E-state index contributed by atoms with van der Waals surface area (Å²) in [6.45, 7) is 4.29. The quantitative estimate of drug-likeness (QED) is 0.887. The van der Waals surface area contributed by atoms with Crippen molar-refractivity contribution in [2.45, 2.75) is 37.1 Å². The van der Waals surface area contributed by atoms with Crippen LogP contribution < -0.4 is 5.73 Å². The first-order chi connectivity index (χ1) is 10.9. The molecule has 1 aromatic carbocycles. The second-order valence-electron chi connectivity index (χ2n) is 6.37. The number of hydrogen-bond acceptors (Lipinski definition) is 4. The molecule has 1 heterocycles. The fourth-order valence-electron chi connectivity index (χ4n) is 3.24. The first-order valence-corrected chi connectivity index (χ1v) is 9.48. The molecule has 0 aromatic heterocycles. The minimum atomic E-state index is -3.57. The van der Waals surface area contributed by atoms with E-state index in [-0.39, 0.29) is 10.5 Å². The fourth-order valence-corrected chi connectivity index (χ4v) is 4.69. The Balaban J connectivity index is 1.77. The molecule has 0 atom stereocenters. The zero-order chi connectivity index (χ0) is 16.6. The van der Waals surface area contributed by atoms with Crippen molar-refractivity contribution in [2.24, 2.45) is 5.73 Å². The highest BCUT2D eigenvalue weighted by atomic mass is 32.2. The van der Waals surface area contributed by atoms with E-state index in [0.717, 1.165) is 13.1 Å². The molecule has 0 radical (unpaired) electrons. The molecule has 2 fully saturated rings. The normalized spacial score (nSPS) is 21.1. The van der Waals surface area contributed by atoms with Crippen LogP contribution in [0.3, 0.4) is 0 Å². The van der Waals surface area contributed by atoms with Gasteiger partial charge in [0.05, 0.1) is 4.90 Å². The lowest BCUT2D eigenvalue weighted by molar-refractivity contribution is 0.0889. The van der Waals surface area contributed by atoms with Gasteiger partial charge >= 0.3 is 0 Å². The minimum Gasteiger partial charge on any atom is -0.366 e. The third-order valence-corrected chi connectivity index (χ3v) is 6.87. The molecule has 23 heavy (non-hydrogen) atoms. The Morgan fingerprint density at radius 3 is 2.35 bits per heavy atom. The van der Waals surface area contributed by atoms with Crippen LogP contribution in [0.15, 0.2) is 23.1 Å². The van der Waals surface area contributed by atoms with Crippen molar-refractivity contribution in [3.63, 3.8) is 0 Å². The van der Waals surface area contributed by atoms with Crippen LogP contribution in [-0.2, 0) is 10.0 Å². The monoisotopic (exact) mass is 337 g/mol. The molecule has 0 spiro atoms. The lowest BCUT2D eigenvalue weighted by atomic mass is 9.91. The van der Waals surface area contributed by atoms with Crippen LogP contribution in [0.4, 0.5) is 0 Å². The van der Waals surface area contributed by atoms with Gasteiger partial charge in [0.2, 0.25) is 15.9 Å². The number of aryl methyl sites for hydroxylation is 1. The molecule has 2 aliphatic rings. The zero-order valence-corrected chi connectivity index (χ0v) is 14.2. The summed E-state index contributed by atoms with van der Waals surface area (Å²) >= 11 is 0. The van der Waals surface area contributed by atoms with E-state index in [0.29, 0.717) is 24.7 Å². The number of rotatable bonds is 4. The molecule has 1 aromatic rings. The van der Waals surface area contributed by atoms with E-state index in [1.165, 1.54) is 29.6 Å². The molecular weight excluding hydrogens is 314 g/mol. The smallest absolute Gasteiger partial charge is 0.249 e. The first kappa shape index (κ1) is 16.4. The summed E-state index contributed by atoms with van der Waals surface area (Å²) in [7, 11) is -3.57. The van der Waals surface area contributed by atoms with Gasteiger partial charge in [0.25, 0.3) is 0 Å². The van der Waals surface area contributed by atoms with Crippen molar-refractivity contribution in [1.82, 2.24) is 9.21 Å². The summed E-state index contributed by atoms with van der Waals surface area (Å²) in [6, 6.07) is 5.22. The van der Waals surface area contributed by atoms with E-state index in [9.17, 15) is 13.2 Å². The van der Waals surface area contributed by atoms with Gasteiger partial charge in [-0.1, -0.05) is 12.5 Å². The van der Waals surface area contributed by atoms with Crippen LogP contribution in [0.1, 0.15) is 35.2 Å². The standard InChI is InChI=1S/C16H23N3O3S/c1-12-5-6-14(11-15(12)16(17)20)23(21,22)19-9-7-18(8-10-19)13-3-2-4-13/h5-6,11,13H,2-4,7-10H2,1H3,(H2,17,20). The average molecular weight is 337 g/mol. The summed E-state index contributed by atoms with van der Waals surface area (Å²) in [5.41, 5.74) is 6.27. The molecule has 126 valence electrons. The molecular formula is C16H23N3O3S. The van der Waals surface area contributed by atoms with Crippen molar-refractivity contribution in [3.8, 4) is 0 Å². The number of sulfonamides is 1. The molecule has 1 amide bonds. The highest BCUT2D eigenvalue weighted by Gasteiger charge is 2.33. The Morgan fingerprint density at radius 2 is 1.83 bits per heavy atom. The first-order valence-electron chi connectivity index (χ1n) is 8.04. The van der Waals surface area contributed by atoms with Gasteiger partial charge in [-0.05, 0) is 37.5 Å². The SMILES string of the molecule is Cc1ccc(S(=O)(=O)N2CCN(C3CCC3)CC2)cc1C(N)=O. The molecule has 6 nitrogen and oxygen atoms in total. The van der Waals surface area contributed by atoms with Gasteiger partial charge in [-0.3, -0.25) is 9.69 Å². The second kappa shape index (κ2) is 6.22. The van der Waals surface area contributed by atoms with Crippen LogP contribution in [0.25, 0.3) is 0 Å². The summed E-state index contributed by atoms with van der Waals surface area (Å²) < 4.78 is 27.1. The zero-order valence-electron chi connectivity index (χ0n) is 13.4. The largest absolute Gasteiger partial charge is 0.366 e. The van der Waals surface area contributed by atoms with E-state index in [1.54, 1.807) is 19.1 Å². The summed E-state index contributed by atoms with van der Waals surface area (Å²) in [4.78, 5) is 14.0. The summed E-state index contributed by atoms with van der Waals surface area (Å²) in [5.74, 6) is -0.602. The lowest BCUT2D eigenvalue weighted by Crippen LogP contribution is -2.53. The Labute approximate surface area is 137 Å². The number of piperazine rings is 1. The highest BCUT2D eigenvalue weighted by molar-refractivity contribution is 7.89. The van der Waals surface area contributed by atoms with Crippen LogP contribution in [0, 0.1) is 6.92 Å². The van der Waals surface area contributed by atoms with Gasteiger partial charge < -0.3 is 5.73 Å². The molecule has 0 bridgehead atoms. The van der Waals surface area contributed by atoms with Crippen molar-refractivity contribution in [3.05, 3.63) is 29.3 Å².